The molecule has 2 aromatic carbocycles. The topological polar surface area (TPSA) is 60.9 Å². The molecule has 1 amide bonds. The molecule has 0 radical (unpaired) electrons. The third-order valence-corrected chi connectivity index (χ3v) is 5.85. The predicted octanol–water partition coefficient (Wildman–Crippen LogP) is 2.27. The molecule has 2 aromatic rings. The maximum atomic E-state index is 12.7. The van der Waals surface area contributed by atoms with Crippen LogP contribution in [0.4, 0.5) is 5.69 Å². The Labute approximate surface area is 155 Å². The van der Waals surface area contributed by atoms with Crippen molar-refractivity contribution in [1.29, 1.82) is 0 Å². The minimum absolute atomic E-state index is 0.257. The second kappa shape index (κ2) is 8.33. The summed E-state index contributed by atoms with van der Waals surface area (Å²) in [5.41, 5.74) is 2.47. The number of hydrogen-bond donors (Lipinski definition) is 0. The first-order valence-corrected chi connectivity index (χ1v) is 9.66. The lowest BCUT2D eigenvalue weighted by molar-refractivity contribution is -0.128. The Morgan fingerprint density at radius 1 is 0.923 bits per heavy atom. The van der Waals surface area contributed by atoms with Crippen LogP contribution in [0.15, 0.2) is 54.6 Å². The van der Waals surface area contributed by atoms with Gasteiger partial charge >= 0.3 is 10.2 Å². The number of hydrogen-bond acceptors (Lipinski definition) is 3. The van der Waals surface area contributed by atoms with E-state index in [0.717, 1.165) is 19.7 Å². The van der Waals surface area contributed by atoms with Crippen molar-refractivity contribution in [2.45, 2.75) is 13.5 Å². The van der Waals surface area contributed by atoms with E-state index in [1.807, 2.05) is 49.4 Å². The first-order chi connectivity index (χ1) is 12.2. The summed E-state index contributed by atoms with van der Waals surface area (Å²) in [4.78, 5) is 14.2. The second-order valence-electron chi connectivity index (χ2n) is 6.37. The molecule has 0 atom stereocenters. The minimum atomic E-state index is -3.79. The number of benzene rings is 2. The SMILES string of the molecule is Cc1ccc(N(CC(=O)N(C)Cc2ccccc2)S(=O)(=O)N(C)C)cc1. The van der Waals surface area contributed by atoms with Gasteiger partial charge in [-0.25, -0.2) is 4.31 Å². The van der Waals surface area contributed by atoms with Gasteiger partial charge in [0.1, 0.15) is 6.54 Å². The minimum Gasteiger partial charge on any atom is -0.340 e. The van der Waals surface area contributed by atoms with E-state index in [9.17, 15) is 13.2 Å². The molecule has 0 saturated carbocycles. The van der Waals surface area contributed by atoms with Gasteiger partial charge in [-0.1, -0.05) is 48.0 Å². The van der Waals surface area contributed by atoms with Gasteiger partial charge in [0.15, 0.2) is 0 Å². The highest BCUT2D eigenvalue weighted by molar-refractivity contribution is 7.90. The third-order valence-electron chi connectivity index (χ3n) is 4.03. The quantitative estimate of drug-likeness (QED) is 0.746. The summed E-state index contributed by atoms with van der Waals surface area (Å²) in [6.45, 7) is 2.09. The molecule has 0 aliphatic rings. The number of likely N-dealkylation sites (N-methyl/N-ethyl adjacent to an activating group) is 1. The number of carbonyl (C=O) groups excluding carboxylic acids is 1. The van der Waals surface area contributed by atoms with Crippen LogP contribution in [-0.2, 0) is 21.5 Å². The van der Waals surface area contributed by atoms with Gasteiger partial charge in [0.2, 0.25) is 5.91 Å². The molecule has 0 aliphatic heterocycles. The second-order valence-corrected chi connectivity index (χ2v) is 8.43. The molecule has 2 rings (SSSR count). The number of rotatable bonds is 7. The molecule has 0 aliphatic carbocycles. The lowest BCUT2D eigenvalue weighted by Gasteiger charge is -2.29. The Morgan fingerprint density at radius 3 is 2.04 bits per heavy atom. The van der Waals surface area contributed by atoms with Crippen molar-refractivity contribution in [3.63, 3.8) is 0 Å². The van der Waals surface area contributed by atoms with E-state index in [2.05, 4.69) is 0 Å². The van der Waals surface area contributed by atoms with Crippen molar-refractivity contribution in [3.8, 4) is 0 Å². The van der Waals surface area contributed by atoms with Crippen LogP contribution < -0.4 is 4.31 Å². The highest BCUT2D eigenvalue weighted by Crippen LogP contribution is 2.20. The van der Waals surface area contributed by atoms with Gasteiger partial charge in [0.05, 0.1) is 5.69 Å². The molecule has 0 bridgehead atoms. The standard InChI is InChI=1S/C19H25N3O3S/c1-16-10-12-18(13-11-16)22(26(24,25)20(2)3)15-19(23)21(4)14-17-8-6-5-7-9-17/h5-13H,14-15H2,1-4H3. The highest BCUT2D eigenvalue weighted by atomic mass is 32.2. The largest absolute Gasteiger partial charge is 0.340 e. The smallest absolute Gasteiger partial charge is 0.304 e. The number of aryl methyl sites for hydroxylation is 1. The van der Waals surface area contributed by atoms with Gasteiger partial charge in [0.25, 0.3) is 0 Å². The van der Waals surface area contributed by atoms with Crippen LogP contribution in [0.3, 0.4) is 0 Å². The molecule has 0 aromatic heterocycles. The molecule has 140 valence electrons. The Balaban J connectivity index is 2.23. The van der Waals surface area contributed by atoms with E-state index in [-0.39, 0.29) is 12.5 Å². The molecule has 26 heavy (non-hydrogen) atoms. The number of amides is 1. The molecule has 6 nitrogen and oxygen atoms in total. The molecule has 0 unspecified atom stereocenters. The number of nitrogens with zero attached hydrogens (tertiary/aromatic N) is 3. The van der Waals surface area contributed by atoms with E-state index in [1.165, 1.54) is 19.0 Å². The van der Waals surface area contributed by atoms with Crippen LogP contribution in [-0.4, -0.2) is 51.2 Å². The Morgan fingerprint density at radius 2 is 1.50 bits per heavy atom. The molecule has 0 N–H and O–H groups in total. The lowest BCUT2D eigenvalue weighted by atomic mass is 10.2. The van der Waals surface area contributed by atoms with Gasteiger partial charge in [-0.2, -0.15) is 12.7 Å². The van der Waals surface area contributed by atoms with Gasteiger partial charge in [-0.15, -0.1) is 0 Å². The van der Waals surface area contributed by atoms with Crippen molar-refractivity contribution >= 4 is 21.8 Å². The first-order valence-electron chi connectivity index (χ1n) is 8.26. The molecule has 0 fully saturated rings. The van der Waals surface area contributed by atoms with Gasteiger partial charge in [0, 0.05) is 27.7 Å². The molecule has 0 heterocycles. The van der Waals surface area contributed by atoms with E-state index < -0.39 is 10.2 Å². The van der Waals surface area contributed by atoms with Crippen molar-refractivity contribution < 1.29 is 13.2 Å². The fraction of sp³-hybridized carbons (Fsp3) is 0.316. The fourth-order valence-electron chi connectivity index (χ4n) is 2.40. The van der Waals surface area contributed by atoms with Crippen molar-refractivity contribution in [2.24, 2.45) is 0 Å². The molecule has 7 heteroatoms. The zero-order valence-corrected chi connectivity index (χ0v) is 16.4. The predicted molar refractivity (Wildman–Crippen MR) is 104 cm³/mol. The van der Waals surface area contributed by atoms with Crippen LogP contribution >= 0.6 is 0 Å². The zero-order chi connectivity index (χ0) is 19.3. The summed E-state index contributed by atoms with van der Waals surface area (Å²) in [6, 6.07) is 16.6. The third kappa shape index (κ3) is 4.83. The zero-order valence-electron chi connectivity index (χ0n) is 15.6. The van der Waals surface area contributed by atoms with E-state index in [4.69, 9.17) is 0 Å². The van der Waals surface area contributed by atoms with Crippen LogP contribution in [0.1, 0.15) is 11.1 Å². The summed E-state index contributed by atoms with van der Waals surface area (Å²) in [7, 11) is 0.791. The highest BCUT2D eigenvalue weighted by Gasteiger charge is 2.28. The average Bonchev–Trinajstić information content (AvgIpc) is 2.61. The van der Waals surface area contributed by atoms with Crippen molar-refractivity contribution in [1.82, 2.24) is 9.21 Å². The number of carbonyl (C=O) groups is 1. The first kappa shape index (κ1) is 19.9. The van der Waals surface area contributed by atoms with Crippen LogP contribution in [0, 0.1) is 6.92 Å². The van der Waals surface area contributed by atoms with Gasteiger partial charge in [-0.3, -0.25) is 4.79 Å². The maximum Gasteiger partial charge on any atom is 0.304 e. The summed E-state index contributed by atoms with van der Waals surface area (Å²) in [6.07, 6.45) is 0. The van der Waals surface area contributed by atoms with Crippen LogP contribution in [0.25, 0.3) is 0 Å². The monoisotopic (exact) mass is 375 g/mol. The summed E-state index contributed by atoms with van der Waals surface area (Å²) < 4.78 is 27.7. The molecule has 0 spiro atoms. The Bertz CT molecular complexity index is 834. The summed E-state index contributed by atoms with van der Waals surface area (Å²) in [5, 5.41) is 0. The summed E-state index contributed by atoms with van der Waals surface area (Å²) >= 11 is 0. The van der Waals surface area contributed by atoms with Gasteiger partial charge < -0.3 is 4.90 Å². The Hall–Kier alpha value is -2.38. The Kier molecular flexibility index (Phi) is 6.39. The van der Waals surface area contributed by atoms with E-state index in [0.29, 0.717) is 12.2 Å². The van der Waals surface area contributed by atoms with Crippen molar-refractivity contribution in [3.05, 3.63) is 65.7 Å². The molecular formula is C19H25N3O3S. The van der Waals surface area contributed by atoms with E-state index in [1.54, 1.807) is 19.2 Å². The fourth-order valence-corrected chi connectivity index (χ4v) is 3.46. The molecular weight excluding hydrogens is 350 g/mol. The summed E-state index contributed by atoms with van der Waals surface area (Å²) in [5.74, 6) is -0.278. The average molecular weight is 375 g/mol. The molecule has 0 saturated heterocycles. The van der Waals surface area contributed by atoms with E-state index >= 15 is 0 Å². The maximum absolute atomic E-state index is 12.7. The van der Waals surface area contributed by atoms with Gasteiger partial charge in [-0.05, 0) is 24.6 Å². The van der Waals surface area contributed by atoms with Crippen LogP contribution in [0.5, 0.6) is 0 Å². The lowest BCUT2D eigenvalue weighted by Crippen LogP contribution is -2.46. The van der Waals surface area contributed by atoms with Crippen molar-refractivity contribution in [2.75, 3.05) is 32.0 Å². The van der Waals surface area contributed by atoms with Crippen LogP contribution in [0.2, 0.25) is 0 Å². The normalized spacial score (nSPS) is 11.4. The number of anilines is 1.